The van der Waals surface area contributed by atoms with Crippen LogP contribution in [0.1, 0.15) is 36.8 Å². The Hall–Kier alpha value is -1.55. The van der Waals surface area contributed by atoms with E-state index in [1.807, 2.05) is 12.4 Å². The molecule has 1 aromatic carbocycles. The van der Waals surface area contributed by atoms with Gasteiger partial charge in [0.2, 0.25) is 0 Å². The number of hydrogen-bond donors (Lipinski definition) is 0. The van der Waals surface area contributed by atoms with Gasteiger partial charge in [-0.15, -0.1) is 0 Å². The summed E-state index contributed by atoms with van der Waals surface area (Å²) in [5.74, 6) is 0.376. The zero-order valence-corrected chi connectivity index (χ0v) is 13.3. The van der Waals surface area contributed by atoms with Crippen LogP contribution in [0.15, 0.2) is 35.7 Å². The molecule has 3 nitrogen and oxygen atoms in total. The molecule has 1 heterocycles. The molecule has 3 rings (SSSR count). The molecular formula is C17H20N2OS. The number of aryl methyl sites for hydroxylation is 2. The second-order valence-electron chi connectivity index (χ2n) is 5.67. The van der Waals surface area contributed by atoms with E-state index in [0.717, 1.165) is 36.5 Å². The van der Waals surface area contributed by atoms with Crippen molar-refractivity contribution in [2.24, 2.45) is 0 Å². The number of ketones is 1. The minimum atomic E-state index is 0.0754. The first-order valence-corrected chi connectivity index (χ1v) is 8.33. The maximum absolute atomic E-state index is 12.0. The Balaban J connectivity index is 1.86. The molecule has 0 unspecified atom stereocenters. The number of thioether (sulfide) groups is 1. The van der Waals surface area contributed by atoms with E-state index >= 15 is 0 Å². The van der Waals surface area contributed by atoms with Crippen molar-refractivity contribution in [2.75, 3.05) is 0 Å². The number of nitrogens with zero attached hydrogens (tertiary/aromatic N) is 2. The first kappa shape index (κ1) is 14.4. The van der Waals surface area contributed by atoms with E-state index in [1.54, 1.807) is 11.8 Å². The summed E-state index contributed by atoms with van der Waals surface area (Å²) in [6.45, 7) is 4.23. The van der Waals surface area contributed by atoms with E-state index in [-0.39, 0.29) is 5.25 Å². The van der Waals surface area contributed by atoms with E-state index in [1.165, 1.54) is 11.1 Å². The lowest BCUT2D eigenvalue weighted by atomic mass is 9.99. The number of benzene rings is 1. The van der Waals surface area contributed by atoms with Crippen molar-refractivity contribution in [3.8, 4) is 5.69 Å². The molecule has 2 aromatic rings. The van der Waals surface area contributed by atoms with Gasteiger partial charge >= 0.3 is 0 Å². The van der Waals surface area contributed by atoms with Gasteiger partial charge in [0, 0.05) is 24.5 Å². The van der Waals surface area contributed by atoms with E-state index in [0.29, 0.717) is 5.78 Å². The van der Waals surface area contributed by atoms with E-state index < -0.39 is 0 Å². The SMILES string of the molecule is Cc1ccc(-n2ccnc2S[C@@H]2CCCCC2=O)cc1C. The van der Waals surface area contributed by atoms with E-state index in [9.17, 15) is 4.79 Å². The van der Waals surface area contributed by atoms with Crippen molar-refractivity contribution in [1.29, 1.82) is 0 Å². The van der Waals surface area contributed by atoms with Gasteiger partial charge in [-0.2, -0.15) is 0 Å². The van der Waals surface area contributed by atoms with Gasteiger partial charge in [0.05, 0.1) is 5.25 Å². The third kappa shape index (κ3) is 3.05. The van der Waals surface area contributed by atoms with Gasteiger partial charge in [0.25, 0.3) is 0 Å². The molecule has 0 radical (unpaired) electrons. The normalized spacial score (nSPS) is 19.0. The third-order valence-corrected chi connectivity index (χ3v) is 5.42. The fourth-order valence-electron chi connectivity index (χ4n) is 2.65. The number of aromatic nitrogens is 2. The molecule has 0 N–H and O–H groups in total. The molecular weight excluding hydrogens is 280 g/mol. The molecule has 0 saturated heterocycles. The van der Waals surface area contributed by atoms with Gasteiger partial charge < -0.3 is 0 Å². The van der Waals surface area contributed by atoms with Gasteiger partial charge in [-0.05, 0) is 49.9 Å². The van der Waals surface area contributed by atoms with Crippen LogP contribution in [0.4, 0.5) is 0 Å². The van der Waals surface area contributed by atoms with Crippen molar-refractivity contribution in [3.05, 3.63) is 41.7 Å². The molecule has 0 spiro atoms. The van der Waals surface area contributed by atoms with Crippen LogP contribution >= 0.6 is 11.8 Å². The molecule has 0 amide bonds. The van der Waals surface area contributed by atoms with Crippen LogP contribution in [-0.4, -0.2) is 20.6 Å². The molecule has 21 heavy (non-hydrogen) atoms. The number of imidazole rings is 1. The summed E-state index contributed by atoms with van der Waals surface area (Å²) in [5.41, 5.74) is 3.67. The third-order valence-electron chi connectivity index (χ3n) is 4.12. The predicted molar refractivity (Wildman–Crippen MR) is 86.2 cm³/mol. The topological polar surface area (TPSA) is 34.9 Å². The zero-order valence-electron chi connectivity index (χ0n) is 12.5. The predicted octanol–water partition coefficient (Wildman–Crippen LogP) is 4.09. The van der Waals surface area contributed by atoms with Crippen molar-refractivity contribution in [2.45, 2.75) is 49.9 Å². The summed E-state index contributed by atoms with van der Waals surface area (Å²) < 4.78 is 2.08. The lowest BCUT2D eigenvalue weighted by molar-refractivity contribution is -0.119. The summed E-state index contributed by atoms with van der Waals surface area (Å²) in [6.07, 6.45) is 7.67. The minimum Gasteiger partial charge on any atom is -0.298 e. The Morgan fingerprint density at radius 1 is 1.24 bits per heavy atom. The van der Waals surface area contributed by atoms with Crippen LogP contribution < -0.4 is 0 Å². The Labute approximate surface area is 129 Å². The lowest BCUT2D eigenvalue weighted by Gasteiger charge is -2.20. The molecule has 1 aliphatic carbocycles. The highest BCUT2D eigenvalue weighted by Crippen LogP contribution is 2.32. The Morgan fingerprint density at radius 3 is 2.86 bits per heavy atom. The fourth-order valence-corrected chi connectivity index (χ4v) is 3.84. The Bertz CT molecular complexity index is 663. The number of hydrogen-bond acceptors (Lipinski definition) is 3. The lowest BCUT2D eigenvalue weighted by Crippen LogP contribution is -2.21. The van der Waals surface area contributed by atoms with Gasteiger partial charge in [-0.25, -0.2) is 4.98 Å². The minimum absolute atomic E-state index is 0.0754. The second-order valence-corrected chi connectivity index (χ2v) is 6.84. The van der Waals surface area contributed by atoms with Crippen LogP contribution in [0.3, 0.4) is 0 Å². The first-order valence-electron chi connectivity index (χ1n) is 7.45. The summed E-state index contributed by atoms with van der Waals surface area (Å²) in [6, 6.07) is 6.41. The molecule has 1 aliphatic rings. The van der Waals surface area contributed by atoms with Gasteiger partial charge in [0.1, 0.15) is 5.78 Å². The summed E-state index contributed by atoms with van der Waals surface area (Å²) in [7, 11) is 0. The fraction of sp³-hybridized carbons (Fsp3) is 0.412. The highest BCUT2D eigenvalue weighted by molar-refractivity contribution is 8.00. The molecule has 1 saturated carbocycles. The number of Topliss-reactive ketones (excluding diaryl/α,β-unsaturated/α-hetero) is 1. The molecule has 110 valence electrons. The van der Waals surface area contributed by atoms with Gasteiger partial charge in [-0.1, -0.05) is 24.2 Å². The Morgan fingerprint density at radius 2 is 2.10 bits per heavy atom. The monoisotopic (exact) mass is 300 g/mol. The molecule has 0 aliphatic heterocycles. The average molecular weight is 300 g/mol. The number of carbonyl (C=O) groups excluding carboxylic acids is 1. The molecule has 4 heteroatoms. The highest BCUT2D eigenvalue weighted by Gasteiger charge is 2.25. The van der Waals surface area contributed by atoms with Crippen LogP contribution in [0.25, 0.3) is 5.69 Å². The van der Waals surface area contributed by atoms with Crippen LogP contribution in [0.2, 0.25) is 0 Å². The Kier molecular flexibility index (Phi) is 4.15. The quantitative estimate of drug-likeness (QED) is 0.856. The van der Waals surface area contributed by atoms with Crippen molar-refractivity contribution >= 4 is 17.5 Å². The van der Waals surface area contributed by atoms with Crippen LogP contribution in [0, 0.1) is 13.8 Å². The van der Waals surface area contributed by atoms with Crippen LogP contribution in [-0.2, 0) is 4.79 Å². The smallest absolute Gasteiger partial charge is 0.173 e. The molecule has 1 atom stereocenters. The van der Waals surface area contributed by atoms with Crippen molar-refractivity contribution in [1.82, 2.24) is 9.55 Å². The maximum atomic E-state index is 12.0. The summed E-state index contributed by atoms with van der Waals surface area (Å²) in [5, 5.41) is 0.991. The largest absolute Gasteiger partial charge is 0.298 e. The number of carbonyl (C=O) groups is 1. The zero-order chi connectivity index (χ0) is 14.8. The summed E-state index contributed by atoms with van der Waals surface area (Å²) in [4.78, 5) is 16.5. The number of rotatable bonds is 3. The van der Waals surface area contributed by atoms with E-state index in [4.69, 9.17) is 0 Å². The average Bonchev–Trinajstić information content (AvgIpc) is 2.93. The van der Waals surface area contributed by atoms with Crippen molar-refractivity contribution in [3.63, 3.8) is 0 Å². The van der Waals surface area contributed by atoms with Gasteiger partial charge in [-0.3, -0.25) is 9.36 Å². The van der Waals surface area contributed by atoms with Crippen LogP contribution in [0.5, 0.6) is 0 Å². The standard InChI is InChI=1S/C17H20N2OS/c1-12-7-8-14(11-13(12)2)19-10-9-18-17(19)21-16-6-4-3-5-15(16)20/h7-11,16H,3-6H2,1-2H3/t16-/m1/s1. The molecule has 1 fully saturated rings. The van der Waals surface area contributed by atoms with Gasteiger partial charge in [0.15, 0.2) is 5.16 Å². The second kappa shape index (κ2) is 6.06. The molecule has 1 aromatic heterocycles. The van der Waals surface area contributed by atoms with Crippen molar-refractivity contribution < 1.29 is 4.79 Å². The summed E-state index contributed by atoms with van der Waals surface area (Å²) >= 11 is 1.61. The maximum Gasteiger partial charge on any atom is 0.173 e. The highest BCUT2D eigenvalue weighted by atomic mass is 32.2. The molecule has 0 bridgehead atoms. The van der Waals surface area contributed by atoms with E-state index in [2.05, 4.69) is 41.6 Å². The first-order chi connectivity index (χ1) is 10.1.